The lowest BCUT2D eigenvalue weighted by Gasteiger charge is -2.17. The second-order valence-corrected chi connectivity index (χ2v) is 5.67. The van der Waals surface area contributed by atoms with Gasteiger partial charge in [-0.3, -0.25) is 4.79 Å². The molecule has 0 heterocycles. The minimum absolute atomic E-state index is 0.0964. The molecule has 0 spiro atoms. The molecule has 0 amide bonds. The van der Waals surface area contributed by atoms with E-state index >= 15 is 0 Å². The van der Waals surface area contributed by atoms with Gasteiger partial charge in [-0.2, -0.15) is 0 Å². The molecule has 0 aromatic heterocycles. The molecule has 0 saturated heterocycles. The van der Waals surface area contributed by atoms with E-state index in [2.05, 4.69) is 5.32 Å². The monoisotopic (exact) mass is 277 g/mol. The van der Waals surface area contributed by atoms with Crippen LogP contribution >= 0.6 is 0 Å². The SMILES string of the molecule is CC(C)Oc1ccc(CN[C@@H]2CCC[C@@H]2C(=O)O)cc1. The molecule has 2 N–H and O–H groups in total. The van der Waals surface area contributed by atoms with Crippen LogP contribution in [0.4, 0.5) is 0 Å². The first-order valence-corrected chi connectivity index (χ1v) is 7.28. The first kappa shape index (κ1) is 14.9. The third-order valence-electron chi connectivity index (χ3n) is 3.70. The predicted molar refractivity (Wildman–Crippen MR) is 77.8 cm³/mol. The van der Waals surface area contributed by atoms with E-state index in [4.69, 9.17) is 9.84 Å². The van der Waals surface area contributed by atoms with Crippen LogP contribution in [0.5, 0.6) is 5.75 Å². The molecule has 1 fully saturated rings. The number of ether oxygens (including phenoxy) is 1. The summed E-state index contributed by atoms with van der Waals surface area (Å²) >= 11 is 0. The van der Waals surface area contributed by atoms with E-state index in [0.29, 0.717) is 6.54 Å². The Morgan fingerprint density at radius 3 is 2.65 bits per heavy atom. The van der Waals surface area contributed by atoms with E-state index in [1.165, 1.54) is 0 Å². The van der Waals surface area contributed by atoms with E-state index in [9.17, 15) is 4.79 Å². The van der Waals surface area contributed by atoms with Crippen molar-refractivity contribution in [2.75, 3.05) is 0 Å². The highest BCUT2D eigenvalue weighted by Crippen LogP contribution is 2.26. The van der Waals surface area contributed by atoms with Crippen LogP contribution in [0.1, 0.15) is 38.7 Å². The lowest BCUT2D eigenvalue weighted by atomic mass is 10.0. The quantitative estimate of drug-likeness (QED) is 0.839. The largest absolute Gasteiger partial charge is 0.491 e. The van der Waals surface area contributed by atoms with Crippen molar-refractivity contribution in [2.45, 2.75) is 51.8 Å². The summed E-state index contributed by atoms with van der Waals surface area (Å²) in [4.78, 5) is 11.1. The van der Waals surface area contributed by atoms with Crippen LogP contribution in [0.15, 0.2) is 24.3 Å². The molecule has 2 rings (SSSR count). The minimum Gasteiger partial charge on any atom is -0.491 e. The Kier molecular flexibility index (Phi) is 5.01. The molecular weight excluding hydrogens is 254 g/mol. The third kappa shape index (κ3) is 3.97. The van der Waals surface area contributed by atoms with Crippen LogP contribution in [0.3, 0.4) is 0 Å². The van der Waals surface area contributed by atoms with E-state index in [1.807, 2.05) is 38.1 Å². The number of hydrogen-bond acceptors (Lipinski definition) is 3. The van der Waals surface area contributed by atoms with Crippen molar-refractivity contribution in [3.63, 3.8) is 0 Å². The van der Waals surface area contributed by atoms with E-state index in [1.54, 1.807) is 0 Å². The molecule has 110 valence electrons. The smallest absolute Gasteiger partial charge is 0.308 e. The number of carboxylic acid groups (broad SMARTS) is 1. The van der Waals surface area contributed by atoms with Gasteiger partial charge in [0.15, 0.2) is 0 Å². The summed E-state index contributed by atoms with van der Waals surface area (Å²) in [5.41, 5.74) is 1.15. The zero-order valence-electron chi connectivity index (χ0n) is 12.1. The fraction of sp³-hybridized carbons (Fsp3) is 0.562. The van der Waals surface area contributed by atoms with E-state index in [-0.39, 0.29) is 18.1 Å². The number of aliphatic carboxylic acids is 1. The maximum Gasteiger partial charge on any atom is 0.308 e. The van der Waals surface area contributed by atoms with Gasteiger partial charge in [0.05, 0.1) is 12.0 Å². The second kappa shape index (κ2) is 6.75. The minimum atomic E-state index is -0.680. The van der Waals surface area contributed by atoms with Crippen LogP contribution in [-0.2, 0) is 11.3 Å². The number of nitrogens with one attached hydrogen (secondary N) is 1. The van der Waals surface area contributed by atoms with Crippen molar-refractivity contribution in [2.24, 2.45) is 5.92 Å². The highest BCUT2D eigenvalue weighted by Gasteiger charge is 2.32. The Morgan fingerprint density at radius 2 is 2.05 bits per heavy atom. The third-order valence-corrected chi connectivity index (χ3v) is 3.70. The molecule has 1 saturated carbocycles. The lowest BCUT2D eigenvalue weighted by molar-refractivity contribution is -0.142. The molecule has 0 aliphatic heterocycles. The Labute approximate surface area is 120 Å². The zero-order chi connectivity index (χ0) is 14.5. The first-order valence-electron chi connectivity index (χ1n) is 7.28. The van der Waals surface area contributed by atoms with Gasteiger partial charge in [-0.15, -0.1) is 0 Å². The molecule has 2 atom stereocenters. The first-order chi connectivity index (χ1) is 9.56. The van der Waals surface area contributed by atoms with Crippen molar-refractivity contribution in [3.05, 3.63) is 29.8 Å². The standard InChI is InChI=1S/C16H23NO3/c1-11(2)20-13-8-6-12(7-9-13)10-17-15-5-3-4-14(15)16(18)19/h6-9,11,14-15,17H,3-5,10H2,1-2H3,(H,18,19)/t14-,15+/m0/s1. The fourth-order valence-corrected chi connectivity index (χ4v) is 2.71. The summed E-state index contributed by atoms with van der Waals surface area (Å²) in [6.45, 7) is 4.71. The molecule has 0 unspecified atom stereocenters. The van der Waals surface area contributed by atoms with Crippen LogP contribution in [0, 0.1) is 5.92 Å². The van der Waals surface area contributed by atoms with Gasteiger partial charge in [0.2, 0.25) is 0 Å². The number of carbonyl (C=O) groups is 1. The Morgan fingerprint density at radius 1 is 1.35 bits per heavy atom. The average molecular weight is 277 g/mol. The fourth-order valence-electron chi connectivity index (χ4n) is 2.71. The molecule has 4 heteroatoms. The Bertz CT molecular complexity index is 442. The van der Waals surface area contributed by atoms with Crippen molar-refractivity contribution in [3.8, 4) is 5.75 Å². The number of rotatable bonds is 6. The average Bonchev–Trinajstić information content (AvgIpc) is 2.86. The van der Waals surface area contributed by atoms with Gasteiger partial charge in [-0.1, -0.05) is 18.6 Å². The van der Waals surface area contributed by atoms with Gasteiger partial charge in [0.1, 0.15) is 5.75 Å². The normalized spacial score (nSPS) is 22.1. The van der Waals surface area contributed by atoms with E-state index < -0.39 is 5.97 Å². The molecule has 1 aliphatic carbocycles. The van der Waals surface area contributed by atoms with Gasteiger partial charge >= 0.3 is 5.97 Å². The summed E-state index contributed by atoms with van der Waals surface area (Å²) < 4.78 is 5.60. The summed E-state index contributed by atoms with van der Waals surface area (Å²) in [7, 11) is 0. The number of carboxylic acids is 1. The number of hydrogen-bond donors (Lipinski definition) is 2. The molecule has 1 aliphatic rings. The lowest BCUT2D eigenvalue weighted by Crippen LogP contribution is -2.35. The summed E-state index contributed by atoms with van der Waals surface area (Å²) in [6, 6.07) is 8.06. The molecule has 0 bridgehead atoms. The van der Waals surface area contributed by atoms with Crippen molar-refractivity contribution in [1.29, 1.82) is 0 Å². The highest BCUT2D eigenvalue weighted by atomic mass is 16.5. The van der Waals surface area contributed by atoms with E-state index in [0.717, 1.165) is 30.6 Å². The maximum absolute atomic E-state index is 11.1. The Hall–Kier alpha value is -1.55. The molecule has 20 heavy (non-hydrogen) atoms. The Balaban J connectivity index is 1.86. The van der Waals surface area contributed by atoms with Gasteiger partial charge in [0, 0.05) is 12.6 Å². The van der Waals surface area contributed by atoms with Crippen LogP contribution in [0.2, 0.25) is 0 Å². The second-order valence-electron chi connectivity index (χ2n) is 5.67. The van der Waals surface area contributed by atoms with Gasteiger partial charge in [0.25, 0.3) is 0 Å². The van der Waals surface area contributed by atoms with Crippen LogP contribution in [-0.4, -0.2) is 23.2 Å². The van der Waals surface area contributed by atoms with Crippen molar-refractivity contribution >= 4 is 5.97 Å². The van der Waals surface area contributed by atoms with Crippen LogP contribution < -0.4 is 10.1 Å². The number of benzene rings is 1. The molecule has 0 radical (unpaired) electrons. The molecular formula is C16H23NO3. The van der Waals surface area contributed by atoms with Gasteiger partial charge in [-0.05, 0) is 44.4 Å². The van der Waals surface area contributed by atoms with Crippen LogP contribution in [0.25, 0.3) is 0 Å². The van der Waals surface area contributed by atoms with Gasteiger partial charge < -0.3 is 15.2 Å². The predicted octanol–water partition coefficient (Wildman–Crippen LogP) is 2.82. The topological polar surface area (TPSA) is 58.6 Å². The molecule has 1 aromatic rings. The zero-order valence-corrected chi connectivity index (χ0v) is 12.1. The molecule has 1 aromatic carbocycles. The van der Waals surface area contributed by atoms with Crippen molar-refractivity contribution in [1.82, 2.24) is 5.32 Å². The summed E-state index contributed by atoms with van der Waals surface area (Å²) in [5.74, 6) is -0.0488. The highest BCUT2D eigenvalue weighted by molar-refractivity contribution is 5.71. The van der Waals surface area contributed by atoms with Crippen molar-refractivity contribution < 1.29 is 14.6 Å². The summed E-state index contributed by atoms with van der Waals surface area (Å²) in [5, 5.41) is 12.5. The maximum atomic E-state index is 11.1. The molecule has 4 nitrogen and oxygen atoms in total. The summed E-state index contributed by atoms with van der Waals surface area (Å²) in [6.07, 6.45) is 2.91. The van der Waals surface area contributed by atoms with Gasteiger partial charge in [-0.25, -0.2) is 0 Å².